The zero-order valence-corrected chi connectivity index (χ0v) is 12.2. The van der Waals surface area contributed by atoms with E-state index < -0.39 is 0 Å². The average molecular weight is 277 g/mol. The fourth-order valence-electron chi connectivity index (χ4n) is 2.46. The van der Waals surface area contributed by atoms with Crippen molar-refractivity contribution in [1.82, 2.24) is 4.90 Å². The summed E-state index contributed by atoms with van der Waals surface area (Å²) in [6.45, 7) is 4.20. The smallest absolute Gasteiger partial charge is 0.173 e. The highest BCUT2D eigenvalue weighted by Gasteiger charge is 2.28. The van der Waals surface area contributed by atoms with Gasteiger partial charge in [0.2, 0.25) is 0 Å². The molecular weight excluding hydrogens is 254 g/mol. The minimum atomic E-state index is 0.0807. The Hall–Kier alpha value is -1.75. The van der Waals surface area contributed by atoms with Crippen LogP contribution >= 0.6 is 0 Å². The van der Waals surface area contributed by atoms with Gasteiger partial charge in [0.05, 0.1) is 12.7 Å². The maximum atomic E-state index is 8.86. The third-order valence-electron chi connectivity index (χ3n) is 3.61. The van der Waals surface area contributed by atoms with Crippen molar-refractivity contribution >= 4 is 5.84 Å². The number of oxime groups is 1. The molecule has 1 saturated carbocycles. The Balaban J connectivity index is 2.19. The number of rotatable bonds is 7. The number of nitrogens with zero attached hydrogens (tertiary/aromatic N) is 2. The summed E-state index contributed by atoms with van der Waals surface area (Å²) in [6, 6.07) is 6.58. The minimum Gasteiger partial charge on any atom is -0.496 e. The molecule has 1 aromatic rings. The van der Waals surface area contributed by atoms with E-state index in [1.165, 1.54) is 12.8 Å². The zero-order chi connectivity index (χ0) is 14.5. The lowest BCUT2D eigenvalue weighted by molar-refractivity contribution is 0.255. The lowest BCUT2D eigenvalue weighted by Gasteiger charge is -2.22. The van der Waals surface area contributed by atoms with Crippen LogP contribution in [-0.4, -0.2) is 35.6 Å². The third-order valence-corrected chi connectivity index (χ3v) is 3.61. The first-order valence-electron chi connectivity index (χ1n) is 7.08. The van der Waals surface area contributed by atoms with E-state index in [-0.39, 0.29) is 5.84 Å². The Morgan fingerprint density at radius 1 is 1.50 bits per heavy atom. The second kappa shape index (κ2) is 6.61. The van der Waals surface area contributed by atoms with E-state index in [1.807, 2.05) is 18.2 Å². The first kappa shape index (κ1) is 14.7. The van der Waals surface area contributed by atoms with Gasteiger partial charge in [-0.25, -0.2) is 0 Å². The van der Waals surface area contributed by atoms with E-state index in [0.29, 0.717) is 11.3 Å². The Kier molecular flexibility index (Phi) is 4.84. The third kappa shape index (κ3) is 3.42. The number of ether oxygens (including phenoxy) is 1. The Bertz CT molecular complexity index is 484. The SMILES string of the molecule is CCCN(Cc1ccc(OC)c(C(N)=NO)c1)C1CC1. The van der Waals surface area contributed by atoms with Gasteiger partial charge in [-0.1, -0.05) is 18.1 Å². The Morgan fingerprint density at radius 3 is 2.80 bits per heavy atom. The van der Waals surface area contributed by atoms with Crippen molar-refractivity contribution in [3.05, 3.63) is 29.3 Å². The average Bonchev–Trinajstić information content (AvgIpc) is 3.30. The highest BCUT2D eigenvalue weighted by molar-refractivity contribution is 5.99. The van der Waals surface area contributed by atoms with Crippen molar-refractivity contribution in [2.45, 2.75) is 38.8 Å². The number of methoxy groups -OCH3 is 1. The Morgan fingerprint density at radius 2 is 2.25 bits per heavy atom. The molecule has 1 fully saturated rings. The van der Waals surface area contributed by atoms with E-state index in [9.17, 15) is 0 Å². The van der Waals surface area contributed by atoms with Gasteiger partial charge in [-0.05, 0) is 43.5 Å². The van der Waals surface area contributed by atoms with Crippen molar-refractivity contribution in [2.75, 3.05) is 13.7 Å². The molecule has 0 radical (unpaired) electrons. The normalized spacial score (nSPS) is 15.7. The molecule has 3 N–H and O–H groups in total. The van der Waals surface area contributed by atoms with Crippen molar-refractivity contribution in [1.29, 1.82) is 0 Å². The van der Waals surface area contributed by atoms with Crippen LogP contribution < -0.4 is 10.5 Å². The van der Waals surface area contributed by atoms with E-state index in [4.69, 9.17) is 15.7 Å². The lowest BCUT2D eigenvalue weighted by atomic mass is 10.1. The topological polar surface area (TPSA) is 71.1 Å². The fraction of sp³-hybridized carbons (Fsp3) is 0.533. The number of hydrogen-bond acceptors (Lipinski definition) is 4. The van der Waals surface area contributed by atoms with Gasteiger partial charge >= 0.3 is 0 Å². The van der Waals surface area contributed by atoms with Crippen LogP contribution in [0.5, 0.6) is 5.75 Å². The molecule has 2 rings (SSSR count). The van der Waals surface area contributed by atoms with Crippen molar-refractivity contribution in [3.63, 3.8) is 0 Å². The van der Waals surface area contributed by atoms with Gasteiger partial charge in [0, 0.05) is 12.6 Å². The van der Waals surface area contributed by atoms with Gasteiger partial charge < -0.3 is 15.7 Å². The van der Waals surface area contributed by atoms with Gasteiger partial charge in [-0.3, -0.25) is 4.90 Å². The molecule has 1 aromatic carbocycles. The number of hydrogen-bond donors (Lipinski definition) is 2. The molecule has 0 aromatic heterocycles. The maximum absolute atomic E-state index is 8.86. The zero-order valence-electron chi connectivity index (χ0n) is 12.2. The number of amidine groups is 1. The highest BCUT2D eigenvalue weighted by Crippen LogP contribution is 2.29. The summed E-state index contributed by atoms with van der Waals surface area (Å²) in [6.07, 6.45) is 3.74. The second-order valence-electron chi connectivity index (χ2n) is 5.22. The van der Waals surface area contributed by atoms with Crippen molar-refractivity contribution < 1.29 is 9.94 Å². The van der Waals surface area contributed by atoms with Crippen LogP contribution in [0.15, 0.2) is 23.4 Å². The summed E-state index contributed by atoms with van der Waals surface area (Å²) in [5.41, 5.74) is 7.51. The van der Waals surface area contributed by atoms with Gasteiger partial charge in [0.25, 0.3) is 0 Å². The molecule has 110 valence electrons. The standard InChI is InChI=1S/C15H23N3O2/c1-3-8-18(12-5-6-12)10-11-4-7-14(20-2)13(9-11)15(16)17-19/h4,7,9,12,19H,3,5-6,8,10H2,1-2H3,(H2,16,17). The monoisotopic (exact) mass is 277 g/mol. The van der Waals surface area contributed by atoms with Crippen molar-refractivity contribution in [3.8, 4) is 5.75 Å². The van der Waals surface area contributed by atoms with Gasteiger partial charge in [-0.15, -0.1) is 0 Å². The van der Waals surface area contributed by atoms with Crippen LogP contribution in [0.1, 0.15) is 37.3 Å². The molecule has 0 saturated heterocycles. The van der Waals surface area contributed by atoms with Crippen LogP contribution in [0.2, 0.25) is 0 Å². The molecule has 0 amide bonds. The molecule has 0 atom stereocenters. The van der Waals surface area contributed by atoms with Crippen LogP contribution in [0.4, 0.5) is 0 Å². The molecular formula is C15H23N3O2. The quantitative estimate of drug-likeness (QED) is 0.347. The summed E-state index contributed by atoms with van der Waals surface area (Å²) >= 11 is 0. The molecule has 0 aliphatic heterocycles. The van der Waals surface area contributed by atoms with Crippen LogP contribution in [0, 0.1) is 0 Å². The summed E-state index contributed by atoms with van der Waals surface area (Å²) in [5, 5.41) is 11.9. The van der Waals surface area contributed by atoms with Gasteiger partial charge in [-0.2, -0.15) is 0 Å². The molecule has 1 aliphatic rings. The van der Waals surface area contributed by atoms with Crippen LogP contribution in [0.3, 0.4) is 0 Å². The fourth-order valence-corrected chi connectivity index (χ4v) is 2.46. The maximum Gasteiger partial charge on any atom is 0.173 e. The van der Waals surface area contributed by atoms with Crippen molar-refractivity contribution in [2.24, 2.45) is 10.9 Å². The van der Waals surface area contributed by atoms with E-state index in [2.05, 4.69) is 17.0 Å². The summed E-state index contributed by atoms with van der Waals surface area (Å²) in [7, 11) is 1.58. The van der Waals surface area contributed by atoms with Gasteiger partial charge in [0.1, 0.15) is 5.75 Å². The van der Waals surface area contributed by atoms with Crippen LogP contribution in [-0.2, 0) is 6.54 Å². The molecule has 5 nitrogen and oxygen atoms in total. The molecule has 0 bridgehead atoms. The molecule has 5 heteroatoms. The number of benzene rings is 1. The second-order valence-corrected chi connectivity index (χ2v) is 5.22. The molecule has 0 spiro atoms. The summed E-state index contributed by atoms with van der Waals surface area (Å²) in [5.74, 6) is 0.703. The summed E-state index contributed by atoms with van der Waals surface area (Å²) < 4.78 is 5.25. The molecule has 20 heavy (non-hydrogen) atoms. The number of nitrogens with two attached hydrogens (primary N) is 1. The molecule has 0 unspecified atom stereocenters. The van der Waals surface area contributed by atoms with Crippen LogP contribution in [0.25, 0.3) is 0 Å². The minimum absolute atomic E-state index is 0.0807. The predicted molar refractivity (Wildman–Crippen MR) is 79.2 cm³/mol. The first-order valence-corrected chi connectivity index (χ1v) is 7.08. The van der Waals surface area contributed by atoms with Gasteiger partial charge in [0.15, 0.2) is 5.84 Å². The molecule has 1 aliphatic carbocycles. The Labute approximate surface area is 120 Å². The lowest BCUT2D eigenvalue weighted by Crippen LogP contribution is -2.26. The predicted octanol–water partition coefficient (Wildman–Crippen LogP) is 2.16. The van der Waals surface area contributed by atoms with E-state index >= 15 is 0 Å². The molecule has 0 heterocycles. The highest BCUT2D eigenvalue weighted by atomic mass is 16.5. The largest absolute Gasteiger partial charge is 0.496 e. The van der Waals surface area contributed by atoms with E-state index in [0.717, 1.165) is 31.1 Å². The first-order chi connectivity index (χ1) is 9.69. The summed E-state index contributed by atoms with van der Waals surface area (Å²) in [4.78, 5) is 2.50. The van der Waals surface area contributed by atoms with E-state index in [1.54, 1.807) is 7.11 Å².